The molecule has 1 aromatic carbocycles. The highest BCUT2D eigenvalue weighted by Crippen LogP contribution is 2.09. The fraction of sp³-hybridized carbons (Fsp3) is 0.250. The smallest absolute Gasteiger partial charge is 0.270 e. The molecule has 0 aliphatic rings. The van der Waals surface area contributed by atoms with Crippen molar-refractivity contribution in [2.45, 2.75) is 19.9 Å². The van der Waals surface area contributed by atoms with Gasteiger partial charge in [0.2, 0.25) is 5.95 Å². The van der Waals surface area contributed by atoms with E-state index in [1.165, 1.54) is 0 Å². The zero-order valence-electron chi connectivity index (χ0n) is 9.74. The van der Waals surface area contributed by atoms with Gasteiger partial charge in [-0.05, 0) is 12.0 Å². The van der Waals surface area contributed by atoms with Crippen molar-refractivity contribution in [2.75, 3.05) is 5.73 Å². The molecule has 0 aliphatic carbocycles. The molecule has 0 saturated heterocycles. The lowest BCUT2D eigenvalue weighted by Gasteiger charge is -1.96. The summed E-state index contributed by atoms with van der Waals surface area (Å²) in [4.78, 5) is 8.27. The van der Waals surface area contributed by atoms with Gasteiger partial charge in [-0.3, -0.25) is 0 Å². The van der Waals surface area contributed by atoms with Gasteiger partial charge < -0.3 is 5.73 Å². The molecule has 2 N–H and O–H groups in total. The van der Waals surface area contributed by atoms with E-state index in [1.807, 2.05) is 30.3 Å². The predicted molar refractivity (Wildman–Crippen MR) is 68.4 cm³/mol. The van der Waals surface area contributed by atoms with Gasteiger partial charge in [0.1, 0.15) is 0 Å². The molecular formula is C12H15N5. The van der Waals surface area contributed by atoms with Gasteiger partial charge >= 0.3 is 0 Å². The minimum atomic E-state index is 0.403. The van der Waals surface area contributed by atoms with Crippen molar-refractivity contribution < 1.29 is 0 Å². The van der Waals surface area contributed by atoms with E-state index in [0.717, 1.165) is 18.5 Å². The Kier molecular flexibility index (Phi) is 3.49. The third kappa shape index (κ3) is 2.90. The van der Waals surface area contributed by atoms with Crippen LogP contribution >= 0.6 is 0 Å². The fourth-order valence-corrected chi connectivity index (χ4v) is 1.44. The third-order valence-corrected chi connectivity index (χ3v) is 2.25. The van der Waals surface area contributed by atoms with E-state index >= 15 is 0 Å². The minimum absolute atomic E-state index is 0.403. The van der Waals surface area contributed by atoms with Crippen LogP contribution in [0.25, 0.3) is 0 Å². The Balaban J connectivity index is 2.14. The zero-order chi connectivity index (χ0) is 12.1. The van der Waals surface area contributed by atoms with Gasteiger partial charge in [-0.25, -0.2) is 9.67 Å². The molecule has 5 nitrogen and oxygen atoms in total. The highest BCUT2D eigenvalue weighted by Gasteiger charge is 2.03. The maximum Gasteiger partial charge on any atom is 0.270 e. The second-order valence-electron chi connectivity index (χ2n) is 3.66. The summed E-state index contributed by atoms with van der Waals surface area (Å²) in [5.41, 5.74) is 6.72. The number of benzene rings is 1. The molecule has 0 fully saturated rings. The van der Waals surface area contributed by atoms with E-state index in [4.69, 9.17) is 5.73 Å². The van der Waals surface area contributed by atoms with Gasteiger partial charge in [-0.1, -0.05) is 37.3 Å². The summed E-state index contributed by atoms with van der Waals surface area (Å²) in [7, 11) is 0. The Morgan fingerprint density at radius 2 is 2.12 bits per heavy atom. The topological polar surface area (TPSA) is 69.1 Å². The van der Waals surface area contributed by atoms with Crippen LogP contribution in [-0.4, -0.2) is 21.0 Å². The minimum Gasteiger partial charge on any atom is -0.368 e. The van der Waals surface area contributed by atoms with Crippen LogP contribution in [0, 0.1) is 0 Å². The molecule has 2 rings (SSSR count). The number of aliphatic imine (C=N–C) groups is 1. The van der Waals surface area contributed by atoms with Gasteiger partial charge in [-0.15, -0.1) is 5.10 Å². The van der Waals surface area contributed by atoms with E-state index < -0.39 is 0 Å². The number of hydrogen-bond acceptors (Lipinski definition) is 4. The Hall–Kier alpha value is -2.17. The lowest BCUT2D eigenvalue weighted by Crippen LogP contribution is -2.03. The lowest BCUT2D eigenvalue weighted by atomic mass is 10.2. The molecule has 0 unspecified atom stereocenters. The molecule has 0 aliphatic heterocycles. The summed E-state index contributed by atoms with van der Waals surface area (Å²) in [6.45, 7) is 2.83. The molecule has 0 amide bonds. The first-order valence-electron chi connectivity index (χ1n) is 5.59. The Morgan fingerprint density at radius 1 is 1.35 bits per heavy atom. The summed E-state index contributed by atoms with van der Waals surface area (Å²) in [5.74, 6) is 0.812. The lowest BCUT2D eigenvalue weighted by molar-refractivity contribution is 0.611. The van der Waals surface area contributed by atoms with E-state index in [9.17, 15) is 0 Å². The van der Waals surface area contributed by atoms with Gasteiger partial charge in [0.15, 0.2) is 0 Å². The number of nitrogens with zero attached hydrogens (tertiary/aromatic N) is 4. The van der Waals surface area contributed by atoms with Crippen molar-refractivity contribution in [3.8, 4) is 0 Å². The van der Waals surface area contributed by atoms with Gasteiger partial charge in [0.05, 0.1) is 0 Å². The third-order valence-electron chi connectivity index (χ3n) is 2.25. The van der Waals surface area contributed by atoms with Crippen molar-refractivity contribution in [2.24, 2.45) is 4.99 Å². The molecule has 17 heavy (non-hydrogen) atoms. The molecule has 0 bridgehead atoms. The number of hydrogen-bond donors (Lipinski definition) is 1. The Morgan fingerprint density at radius 3 is 2.82 bits per heavy atom. The van der Waals surface area contributed by atoms with Crippen LogP contribution in [0.4, 0.5) is 11.9 Å². The largest absolute Gasteiger partial charge is 0.368 e. The Labute approximate surface area is 100 Å². The Bertz CT molecular complexity index is 501. The summed E-state index contributed by atoms with van der Waals surface area (Å²) in [5, 5.41) is 4.20. The predicted octanol–water partition coefficient (Wildman–Crippen LogP) is 2.02. The maximum absolute atomic E-state index is 5.71. The normalized spacial score (nSPS) is 11.1. The second kappa shape index (κ2) is 5.25. The molecule has 1 aromatic heterocycles. The zero-order valence-corrected chi connectivity index (χ0v) is 9.74. The second-order valence-corrected chi connectivity index (χ2v) is 3.66. The van der Waals surface area contributed by atoms with E-state index in [-0.39, 0.29) is 0 Å². The highest BCUT2D eigenvalue weighted by atomic mass is 15.4. The number of aryl methyl sites for hydroxylation is 1. The standard InChI is InChI=1S/C12H15N5/c1-2-8-17-11(13)15-12(16-17)14-9-10-6-4-3-5-7-10/h3-7,9H,2,8H2,1H3,(H2,13,15,16)/b14-9+. The van der Waals surface area contributed by atoms with Gasteiger partial charge in [-0.2, -0.15) is 4.98 Å². The monoisotopic (exact) mass is 229 g/mol. The van der Waals surface area contributed by atoms with Crippen LogP contribution in [0.1, 0.15) is 18.9 Å². The fourth-order valence-electron chi connectivity index (χ4n) is 1.44. The van der Waals surface area contributed by atoms with Gasteiger partial charge in [0, 0.05) is 12.8 Å². The molecule has 1 heterocycles. The van der Waals surface area contributed by atoms with Crippen molar-refractivity contribution >= 4 is 18.1 Å². The van der Waals surface area contributed by atoms with Crippen molar-refractivity contribution in [3.05, 3.63) is 35.9 Å². The van der Waals surface area contributed by atoms with Crippen LogP contribution in [-0.2, 0) is 6.54 Å². The van der Waals surface area contributed by atoms with Crippen LogP contribution in [0.5, 0.6) is 0 Å². The molecule has 0 saturated carbocycles. The van der Waals surface area contributed by atoms with Gasteiger partial charge in [0.25, 0.3) is 5.95 Å². The summed E-state index contributed by atoms with van der Waals surface area (Å²) in [6, 6.07) is 9.81. The van der Waals surface area contributed by atoms with Crippen molar-refractivity contribution in [1.82, 2.24) is 14.8 Å². The van der Waals surface area contributed by atoms with Crippen LogP contribution in [0.15, 0.2) is 35.3 Å². The molecular weight excluding hydrogens is 214 g/mol. The summed E-state index contributed by atoms with van der Waals surface area (Å²) >= 11 is 0. The van der Waals surface area contributed by atoms with Crippen molar-refractivity contribution in [3.63, 3.8) is 0 Å². The maximum atomic E-state index is 5.71. The van der Waals surface area contributed by atoms with Crippen molar-refractivity contribution in [1.29, 1.82) is 0 Å². The average Bonchev–Trinajstić information content (AvgIpc) is 2.70. The number of rotatable bonds is 4. The molecule has 2 aromatic rings. The van der Waals surface area contributed by atoms with Crippen LogP contribution in [0.3, 0.4) is 0 Å². The van der Waals surface area contributed by atoms with E-state index in [2.05, 4.69) is 22.0 Å². The summed E-state index contributed by atoms with van der Waals surface area (Å²) in [6.07, 6.45) is 2.69. The molecule has 88 valence electrons. The van der Waals surface area contributed by atoms with E-state index in [0.29, 0.717) is 11.9 Å². The van der Waals surface area contributed by atoms with Crippen LogP contribution < -0.4 is 5.73 Å². The number of nitrogen functional groups attached to an aromatic ring is 1. The number of anilines is 1. The number of aromatic nitrogens is 3. The number of nitrogens with two attached hydrogens (primary N) is 1. The molecule has 0 atom stereocenters. The van der Waals surface area contributed by atoms with Crippen LogP contribution in [0.2, 0.25) is 0 Å². The molecule has 0 spiro atoms. The quantitative estimate of drug-likeness (QED) is 0.815. The average molecular weight is 229 g/mol. The highest BCUT2D eigenvalue weighted by molar-refractivity contribution is 5.81. The summed E-state index contributed by atoms with van der Waals surface area (Å²) < 4.78 is 1.66. The molecule has 0 radical (unpaired) electrons. The SMILES string of the molecule is CCCn1nc(/N=C/c2ccccc2)nc1N. The first-order valence-corrected chi connectivity index (χ1v) is 5.59. The first kappa shape index (κ1) is 11.3. The molecule has 5 heteroatoms. The first-order chi connectivity index (χ1) is 8.29. The van der Waals surface area contributed by atoms with E-state index in [1.54, 1.807) is 10.9 Å².